The molecule has 1 heterocycles. The van der Waals surface area contributed by atoms with Gasteiger partial charge in [-0.1, -0.05) is 69.9 Å². The van der Waals surface area contributed by atoms with Crippen molar-refractivity contribution in [3.63, 3.8) is 0 Å². The van der Waals surface area contributed by atoms with Gasteiger partial charge >= 0.3 is 0 Å². The van der Waals surface area contributed by atoms with E-state index in [1.807, 2.05) is 30.3 Å². The average Bonchev–Trinajstić information content (AvgIpc) is 3.27. The highest BCUT2D eigenvalue weighted by atomic mass is 16.3. The van der Waals surface area contributed by atoms with Crippen LogP contribution in [-0.2, 0) is 10.4 Å². The van der Waals surface area contributed by atoms with Crippen molar-refractivity contribution in [2.75, 3.05) is 19.6 Å². The Balaban J connectivity index is 1.53. The number of rotatable bonds is 9. The van der Waals surface area contributed by atoms with Crippen molar-refractivity contribution in [3.05, 3.63) is 35.9 Å². The molecule has 1 aromatic rings. The second-order valence-electron chi connectivity index (χ2n) is 9.59. The fourth-order valence-corrected chi connectivity index (χ4v) is 5.07. The van der Waals surface area contributed by atoms with Gasteiger partial charge in [-0.05, 0) is 50.1 Å². The van der Waals surface area contributed by atoms with E-state index < -0.39 is 5.60 Å². The maximum absolute atomic E-state index is 13.3. The summed E-state index contributed by atoms with van der Waals surface area (Å²) in [5.74, 6) is 0.621. The minimum atomic E-state index is -1.40. The van der Waals surface area contributed by atoms with Gasteiger partial charge < -0.3 is 15.3 Å². The molecule has 1 amide bonds. The minimum absolute atomic E-state index is 0.0194. The van der Waals surface area contributed by atoms with Crippen LogP contribution in [0.25, 0.3) is 0 Å². The Bertz CT molecular complexity index is 619. The Kier molecular flexibility index (Phi) is 8.14. The molecule has 0 bridgehead atoms. The van der Waals surface area contributed by atoms with Gasteiger partial charge in [-0.2, -0.15) is 0 Å². The second kappa shape index (κ2) is 10.6. The topological polar surface area (TPSA) is 52.6 Å². The number of hydrogen-bond donors (Lipinski definition) is 2. The fraction of sp³-hybridized carbons (Fsp3) is 0.720. The Morgan fingerprint density at radius 2 is 1.76 bits per heavy atom. The number of likely N-dealkylation sites (tertiary alicyclic amines) is 1. The van der Waals surface area contributed by atoms with Gasteiger partial charge in [0.1, 0.15) is 0 Å². The van der Waals surface area contributed by atoms with Gasteiger partial charge in [-0.3, -0.25) is 4.79 Å². The summed E-state index contributed by atoms with van der Waals surface area (Å²) in [5.41, 5.74) is -0.655. The lowest BCUT2D eigenvalue weighted by Crippen LogP contribution is -2.54. The molecular weight excluding hydrogens is 360 g/mol. The lowest BCUT2D eigenvalue weighted by Gasteiger charge is -2.37. The summed E-state index contributed by atoms with van der Waals surface area (Å²) in [7, 11) is 0. The normalized spacial score (nSPS) is 21.4. The number of nitrogens with one attached hydrogen (secondary N) is 1. The molecule has 0 radical (unpaired) electrons. The molecular formula is C25H40N2O2. The van der Waals surface area contributed by atoms with Gasteiger partial charge in [0, 0.05) is 25.0 Å². The van der Waals surface area contributed by atoms with Crippen molar-refractivity contribution in [1.82, 2.24) is 10.2 Å². The van der Waals surface area contributed by atoms with Crippen LogP contribution in [-0.4, -0.2) is 41.6 Å². The first-order chi connectivity index (χ1) is 14.0. The maximum atomic E-state index is 13.3. The maximum Gasteiger partial charge on any atom is 0.257 e. The number of carbonyl (C=O) groups excluding carboxylic acids is 1. The van der Waals surface area contributed by atoms with Gasteiger partial charge in [0.05, 0.1) is 0 Å². The number of unbranched alkanes of at least 4 members (excludes halogenated alkanes) is 1. The summed E-state index contributed by atoms with van der Waals surface area (Å²) in [6.07, 6.45) is 9.89. The predicted octanol–water partition coefficient (Wildman–Crippen LogP) is 4.47. The van der Waals surface area contributed by atoms with Crippen molar-refractivity contribution in [2.24, 2.45) is 11.8 Å². The Morgan fingerprint density at radius 3 is 2.38 bits per heavy atom. The highest BCUT2D eigenvalue weighted by molar-refractivity contribution is 5.87. The van der Waals surface area contributed by atoms with Gasteiger partial charge in [0.15, 0.2) is 5.60 Å². The third kappa shape index (κ3) is 5.82. The molecule has 4 nitrogen and oxygen atoms in total. The van der Waals surface area contributed by atoms with E-state index in [9.17, 15) is 9.90 Å². The minimum Gasteiger partial charge on any atom is -0.375 e. The van der Waals surface area contributed by atoms with E-state index in [1.54, 1.807) is 0 Å². The summed E-state index contributed by atoms with van der Waals surface area (Å²) in [6.45, 7) is 7.83. The molecule has 1 unspecified atom stereocenters. The average molecular weight is 401 g/mol. The molecule has 0 aromatic heterocycles. The van der Waals surface area contributed by atoms with Gasteiger partial charge in [0.2, 0.25) is 0 Å². The molecule has 1 aromatic carbocycles. The number of aliphatic hydroxyl groups is 1. The smallest absolute Gasteiger partial charge is 0.257 e. The van der Waals surface area contributed by atoms with Crippen LogP contribution in [0.2, 0.25) is 0 Å². The van der Waals surface area contributed by atoms with Crippen molar-refractivity contribution in [1.29, 1.82) is 0 Å². The number of amides is 1. The quantitative estimate of drug-likeness (QED) is 0.601. The number of carbonyl (C=O) groups is 1. The van der Waals surface area contributed by atoms with Gasteiger partial charge in [0.25, 0.3) is 5.91 Å². The monoisotopic (exact) mass is 400 g/mol. The molecule has 1 aliphatic heterocycles. The number of benzene rings is 1. The molecule has 2 aliphatic rings. The van der Waals surface area contributed by atoms with Gasteiger partial charge in [-0.15, -0.1) is 0 Å². The lowest BCUT2D eigenvalue weighted by atomic mass is 9.79. The van der Waals surface area contributed by atoms with E-state index in [0.717, 1.165) is 63.1 Å². The van der Waals surface area contributed by atoms with E-state index in [2.05, 4.69) is 24.1 Å². The molecule has 2 N–H and O–H groups in total. The van der Waals surface area contributed by atoms with Crippen molar-refractivity contribution in [2.45, 2.75) is 83.3 Å². The third-order valence-electron chi connectivity index (χ3n) is 6.93. The molecule has 1 saturated carbocycles. The van der Waals surface area contributed by atoms with Crippen molar-refractivity contribution < 1.29 is 9.90 Å². The van der Waals surface area contributed by atoms with Crippen LogP contribution in [0.4, 0.5) is 0 Å². The molecule has 162 valence electrons. The molecule has 1 saturated heterocycles. The number of hydrogen-bond acceptors (Lipinski definition) is 3. The van der Waals surface area contributed by atoms with E-state index in [4.69, 9.17) is 0 Å². The molecule has 0 spiro atoms. The molecule has 3 rings (SSSR count). The van der Waals surface area contributed by atoms with Crippen LogP contribution in [0.3, 0.4) is 0 Å². The van der Waals surface area contributed by atoms with E-state index in [-0.39, 0.29) is 17.9 Å². The zero-order valence-corrected chi connectivity index (χ0v) is 18.4. The summed E-state index contributed by atoms with van der Waals surface area (Å²) in [5, 5.41) is 14.8. The predicted molar refractivity (Wildman–Crippen MR) is 119 cm³/mol. The molecule has 4 heteroatoms. The highest BCUT2D eigenvalue weighted by Crippen LogP contribution is 2.41. The number of nitrogens with zero attached hydrogens (tertiary/aromatic N) is 1. The van der Waals surface area contributed by atoms with Crippen LogP contribution in [0.1, 0.15) is 77.2 Å². The first-order valence-corrected chi connectivity index (χ1v) is 11.8. The van der Waals surface area contributed by atoms with Crippen LogP contribution in [0.15, 0.2) is 30.3 Å². The lowest BCUT2D eigenvalue weighted by molar-refractivity contribution is -0.148. The highest BCUT2D eigenvalue weighted by Gasteiger charge is 2.46. The number of piperidine rings is 1. The van der Waals surface area contributed by atoms with Crippen molar-refractivity contribution >= 4 is 5.91 Å². The van der Waals surface area contributed by atoms with E-state index in [0.29, 0.717) is 0 Å². The summed E-state index contributed by atoms with van der Waals surface area (Å²) < 4.78 is 0. The SMILES string of the molecule is CC(C)CCCCN1CCC(NC(=O)C(O)(c2ccccc2)C2CCCC2)CC1. The Morgan fingerprint density at radius 1 is 1.10 bits per heavy atom. The zero-order valence-electron chi connectivity index (χ0n) is 18.4. The van der Waals surface area contributed by atoms with E-state index >= 15 is 0 Å². The largest absolute Gasteiger partial charge is 0.375 e. The standard InChI is InChI=1S/C25H40N2O2/c1-20(2)10-8-9-17-27-18-15-23(16-19-27)26-24(28)25(29,22-13-6-7-14-22)21-11-4-3-5-12-21/h3-5,11-12,20,22-23,29H,6-10,13-19H2,1-2H3,(H,26,28). The molecule has 1 atom stereocenters. The van der Waals surface area contributed by atoms with Crippen LogP contribution in [0.5, 0.6) is 0 Å². The van der Waals surface area contributed by atoms with Crippen molar-refractivity contribution in [3.8, 4) is 0 Å². The molecule has 1 aliphatic carbocycles. The van der Waals surface area contributed by atoms with Crippen LogP contribution < -0.4 is 5.32 Å². The van der Waals surface area contributed by atoms with Gasteiger partial charge in [-0.25, -0.2) is 0 Å². The Labute approximate surface area is 177 Å². The summed E-state index contributed by atoms with van der Waals surface area (Å²) in [6, 6.07) is 9.74. The summed E-state index contributed by atoms with van der Waals surface area (Å²) in [4.78, 5) is 15.8. The zero-order chi connectivity index (χ0) is 20.7. The van der Waals surface area contributed by atoms with Crippen LogP contribution in [0, 0.1) is 11.8 Å². The Hall–Kier alpha value is -1.39. The van der Waals surface area contributed by atoms with Crippen LogP contribution >= 0.6 is 0 Å². The molecule has 2 fully saturated rings. The first kappa shape index (κ1) is 22.3. The fourth-order valence-electron chi connectivity index (χ4n) is 5.07. The summed E-state index contributed by atoms with van der Waals surface area (Å²) >= 11 is 0. The molecule has 29 heavy (non-hydrogen) atoms. The first-order valence-electron chi connectivity index (χ1n) is 11.8. The van der Waals surface area contributed by atoms with E-state index in [1.165, 1.54) is 25.8 Å². The third-order valence-corrected chi connectivity index (χ3v) is 6.93. The second-order valence-corrected chi connectivity index (χ2v) is 9.59.